The summed E-state index contributed by atoms with van der Waals surface area (Å²) in [5.41, 5.74) is -0.707. The Morgan fingerprint density at radius 2 is 1.95 bits per heavy atom. The molecule has 1 amide bonds. The van der Waals surface area contributed by atoms with Crippen molar-refractivity contribution in [2.45, 2.75) is 50.7 Å². The predicted molar refractivity (Wildman–Crippen MR) is 78.1 cm³/mol. The van der Waals surface area contributed by atoms with Crippen LogP contribution in [0.15, 0.2) is 0 Å². The lowest BCUT2D eigenvalue weighted by molar-refractivity contribution is -0.162. The van der Waals surface area contributed by atoms with Gasteiger partial charge in [-0.1, -0.05) is 6.92 Å². The molecule has 0 spiro atoms. The van der Waals surface area contributed by atoms with Gasteiger partial charge in [0, 0.05) is 6.54 Å². The molecule has 2 heterocycles. The molecular formula is C14H24N2O4S. The van der Waals surface area contributed by atoms with Gasteiger partial charge in [0.2, 0.25) is 15.9 Å². The third-order valence-electron chi connectivity index (χ3n) is 4.89. The van der Waals surface area contributed by atoms with Crippen LogP contribution in [0.5, 0.6) is 0 Å². The van der Waals surface area contributed by atoms with Crippen molar-refractivity contribution in [1.29, 1.82) is 0 Å². The molecule has 7 heteroatoms. The normalized spacial score (nSPS) is 29.4. The number of amides is 1. The molecule has 0 aromatic rings. The van der Waals surface area contributed by atoms with Gasteiger partial charge in [0.1, 0.15) is 11.6 Å². The maximum Gasteiger partial charge on any atom is 0.241 e. The van der Waals surface area contributed by atoms with E-state index in [0.717, 1.165) is 19.3 Å². The topological polar surface area (TPSA) is 77.9 Å². The van der Waals surface area contributed by atoms with Gasteiger partial charge in [-0.3, -0.25) is 4.79 Å². The van der Waals surface area contributed by atoms with Crippen molar-refractivity contribution in [2.75, 3.05) is 25.4 Å². The van der Waals surface area contributed by atoms with Gasteiger partial charge in [-0.25, -0.2) is 8.42 Å². The number of hydrogen-bond donors (Lipinski definition) is 1. The molecule has 21 heavy (non-hydrogen) atoms. The molecule has 1 atom stereocenters. The summed E-state index contributed by atoms with van der Waals surface area (Å²) in [4.78, 5) is 14.2. The molecular weight excluding hydrogens is 292 g/mol. The Labute approximate surface area is 126 Å². The first-order valence-electron chi connectivity index (χ1n) is 7.88. The van der Waals surface area contributed by atoms with Crippen LogP contribution in [0.25, 0.3) is 0 Å². The van der Waals surface area contributed by atoms with Gasteiger partial charge < -0.3 is 10.0 Å². The maximum atomic E-state index is 12.5. The lowest BCUT2D eigenvalue weighted by Crippen LogP contribution is -2.67. The second-order valence-corrected chi connectivity index (χ2v) is 8.70. The van der Waals surface area contributed by atoms with Crippen molar-refractivity contribution in [3.05, 3.63) is 0 Å². The molecule has 1 saturated carbocycles. The molecule has 0 bridgehead atoms. The van der Waals surface area contributed by atoms with Gasteiger partial charge in [0.05, 0.1) is 18.8 Å². The molecule has 0 aromatic heterocycles. The Morgan fingerprint density at radius 1 is 1.29 bits per heavy atom. The first kappa shape index (κ1) is 15.2. The van der Waals surface area contributed by atoms with Gasteiger partial charge in [-0.15, -0.1) is 0 Å². The van der Waals surface area contributed by atoms with E-state index in [9.17, 15) is 18.3 Å². The number of aliphatic hydroxyl groups is 1. The first-order valence-corrected chi connectivity index (χ1v) is 9.49. The van der Waals surface area contributed by atoms with E-state index in [0.29, 0.717) is 38.4 Å². The number of carbonyl (C=O) groups is 1. The molecule has 2 saturated heterocycles. The molecule has 2 aliphatic heterocycles. The fourth-order valence-electron chi connectivity index (χ4n) is 3.56. The minimum atomic E-state index is -3.33. The Morgan fingerprint density at radius 3 is 2.52 bits per heavy atom. The Kier molecular flexibility index (Phi) is 3.78. The number of sulfonamides is 1. The molecule has 3 fully saturated rings. The average Bonchev–Trinajstić information content (AvgIpc) is 3.11. The monoisotopic (exact) mass is 316 g/mol. The molecule has 0 aromatic carbocycles. The third kappa shape index (κ3) is 2.71. The summed E-state index contributed by atoms with van der Waals surface area (Å²) in [5, 5.41) is 10.3. The minimum Gasteiger partial charge on any atom is -0.386 e. The van der Waals surface area contributed by atoms with E-state index in [-0.39, 0.29) is 11.7 Å². The Balaban J connectivity index is 1.64. The molecule has 1 N–H and O–H groups in total. The number of β-amino-alcohol motifs (C(OH)–C–C–N with tert-alkyl or cyclic N) is 1. The van der Waals surface area contributed by atoms with Gasteiger partial charge >= 0.3 is 0 Å². The van der Waals surface area contributed by atoms with E-state index in [1.807, 2.05) is 6.92 Å². The van der Waals surface area contributed by atoms with Crippen molar-refractivity contribution < 1.29 is 18.3 Å². The fourth-order valence-corrected chi connectivity index (χ4v) is 5.30. The molecule has 3 aliphatic rings. The van der Waals surface area contributed by atoms with Gasteiger partial charge in [-0.2, -0.15) is 4.31 Å². The van der Waals surface area contributed by atoms with E-state index >= 15 is 0 Å². The molecule has 1 unspecified atom stereocenters. The van der Waals surface area contributed by atoms with Crippen LogP contribution in [0.2, 0.25) is 0 Å². The van der Waals surface area contributed by atoms with Crippen LogP contribution in [-0.4, -0.2) is 65.7 Å². The smallest absolute Gasteiger partial charge is 0.241 e. The summed E-state index contributed by atoms with van der Waals surface area (Å²) in [5.74, 6) is 0.311. The number of hydrogen-bond acceptors (Lipinski definition) is 4. The zero-order valence-electron chi connectivity index (χ0n) is 12.5. The highest BCUT2D eigenvalue weighted by molar-refractivity contribution is 7.89. The van der Waals surface area contributed by atoms with Crippen LogP contribution < -0.4 is 0 Å². The Hall–Kier alpha value is -0.660. The van der Waals surface area contributed by atoms with Gasteiger partial charge in [0.25, 0.3) is 0 Å². The van der Waals surface area contributed by atoms with Crippen LogP contribution in [0, 0.1) is 5.92 Å². The standard InChI is InChI=1S/C14H24N2O4S/c1-2-8-21(19,20)16-7-3-4-12(16)13(17)15-9-14(18,10-15)11-5-6-11/h11-12,18H,2-10H2,1H3. The number of rotatable bonds is 5. The summed E-state index contributed by atoms with van der Waals surface area (Å²) in [7, 11) is -3.33. The van der Waals surface area contributed by atoms with Crippen LogP contribution >= 0.6 is 0 Å². The van der Waals surface area contributed by atoms with E-state index < -0.39 is 21.7 Å². The quantitative estimate of drug-likeness (QED) is 0.784. The summed E-state index contributed by atoms with van der Waals surface area (Å²) in [6, 6.07) is -0.551. The SMILES string of the molecule is CCCS(=O)(=O)N1CCCC1C(=O)N1CC(O)(C2CC2)C1. The fraction of sp³-hybridized carbons (Fsp3) is 0.929. The molecule has 120 valence electrons. The molecule has 3 rings (SSSR count). The second-order valence-electron chi connectivity index (χ2n) is 6.66. The highest BCUT2D eigenvalue weighted by Gasteiger charge is 2.55. The number of carbonyl (C=O) groups excluding carboxylic acids is 1. The zero-order chi connectivity index (χ0) is 15.3. The van der Waals surface area contributed by atoms with Gasteiger partial charge in [0.15, 0.2) is 0 Å². The highest BCUT2D eigenvalue weighted by Crippen LogP contribution is 2.45. The average molecular weight is 316 g/mol. The first-order chi connectivity index (χ1) is 9.87. The van der Waals surface area contributed by atoms with Crippen LogP contribution in [-0.2, 0) is 14.8 Å². The third-order valence-corrected chi connectivity index (χ3v) is 6.96. The van der Waals surface area contributed by atoms with Crippen molar-refractivity contribution in [2.24, 2.45) is 5.92 Å². The van der Waals surface area contributed by atoms with Crippen LogP contribution in [0.4, 0.5) is 0 Å². The number of nitrogens with zero attached hydrogens (tertiary/aromatic N) is 2. The number of likely N-dealkylation sites (tertiary alicyclic amines) is 1. The van der Waals surface area contributed by atoms with E-state index in [1.165, 1.54) is 4.31 Å². The van der Waals surface area contributed by atoms with E-state index in [1.54, 1.807) is 4.90 Å². The highest BCUT2D eigenvalue weighted by atomic mass is 32.2. The van der Waals surface area contributed by atoms with Crippen molar-refractivity contribution in [3.8, 4) is 0 Å². The van der Waals surface area contributed by atoms with Crippen molar-refractivity contribution in [3.63, 3.8) is 0 Å². The van der Waals surface area contributed by atoms with Crippen LogP contribution in [0.1, 0.15) is 39.0 Å². The Bertz CT molecular complexity index is 523. The van der Waals surface area contributed by atoms with Crippen molar-refractivity contribution in [1.82, 2.24) is 9.21 Å². The lowest BCUT2D eigenvalue weighted by Gasteiger charge is -2.48. The molecule has 1 aliphatic carbocycles. The van der Waals surface area contributed by atoms with Gasteiger partial charge in [-0.05, 0) is 38.0 Å². The lowest BCUT2D eigenvalue weighted by atomic mass is 9.88. The largest absolute Gasteiger partial charge is 0.386 e. The zero-order valence-corrected chi connectivity index (χ0v) is 13.3. The second kappa shape index (κ2) is 5.21. The van der Waals surface area contributed by atoms with E-state index in [2.05, 4.69) is 0 Å². The predicted octanol–water partition coefficient (Wildman–Crippen LogP) is 0.174. The summed E-state index contributed by atoms with van der Waals surface area (Å²) < 4.78 is 25.8. The summed E-state index contributed by atoms with van der Waals surface area (Å²) in [6.45, 7) is 3.01. The summed E-state index contributed by atoms with van der Waals surface area (Å²) in [6.07, 6.45) is 3.98. The minimum absolute atomic E-state index is 0.1000. The maximum absolute atomic E-state index is 12.5. The molecule has 0 radical (unpaired) electrons. The summed E-state index contributed by atoms with van der Waals surface area (Å²) >= 11 is 0. The van der Waals surface area contributed by atoms with Crippen LogP contribution in [0.3, 0.4) is 0 Å². The van der Waals surface area contributed by atoms with Crippen molar-refractivity contribution >= 4 is 15.9 Å². The van der Waals surface area contributed by atoms with E-state index in [4.69, 9.17) is 0 Å². The molecule has 6 nitrogen and oxygen atoms in total.